The van der Waals surface area contributed by atoms with Crippen LogP contribution in [0.25, 0.3) is 0 Å². The summed E-state index contributed by atoms with van der Waals surface area (Å²) in [5, 5.41) is 0. The molecule has 76 valence electrons. The second kappa shape index (κ2) is 4.37. The van der Waals surface area contributed by atoms with Crippen LogP contribution in [0.2, 0.25) is 0 Å². The predicted octanol–water partition coefficient (Wildman–Crippen LogP) is 2.19. The number of nitrogens with two attached hydrogens (primary N) is 1. The molecule has 1 aromatic carbocycles. The number of hydrogen-bond acceptors (Lipinski definition) is 2. The Labute approximate surface area is 87.9 Å². The van der Waals surface area contributed by atoms with Crippen molar-refractivity contribution in [2.45, 2.75) is 20.0 Å². The number of thiocarbonyl (C=S) groups is 1. The molecule has 0 saturated carbocycles. The number of aryl methyl sites for hydroxylation is 1. The van der Waals surface area contributed by atoms with Crippen LogP contribution in [0.5, 0.6) is 5.75 Å². The molecule has 1 rings (SSSR count). The Morgan fingerprint density at radius 2 is 2.21 bits per heavy atom. The maximum atomic E-state index is 13.4. The van der Waals surface area contributed by atoms with Crippen molar-refractivity contribution in [2.24, 2.45) is 5.73 Å². The lowest BCUT2D eigenvalue weighted by atomic mass is 10.2. The largest absolute Gasteiger partial charge is 0.481 e. The first kappa shape index (κ1) is 10.9. The van der Waals surface area contributed by atoms with Crippen molar-refractivity contribution in [3.8, 4) is 5.75 Å². The van der Waals surface area contributed by atoms with Gasteiger partial charge in [0, 0.05) is 0 Å². The minimum absolute atomic E-state index is 0.185. The van der Waals surface area contributed by atoms with E-state index in [9.17, 15) is 4.39 Å². The van der Waals surface area contributed by atoms with E-state index in [-0.39, 0.29) is 16.6 Å². The van der Waals surface area contributed by atoms with E-state index in [2.05, 4.69) is 0 Å². The van der Waals surface area contributed by atoms with Crippen LogP contribution in [-0.4, -0.2) is 11.1 Å². The Kier molecular flexibility index (Phi) is 3.41. The Bertz CT molecular complexity index is 354. The third-order valence-corrected chi connectivity index (χ3v) is 2.19. The molecule has 14 heavy (non-hydrogen) atoms. The number of hydrogen-bond donors (Lipinski definition) is 1. The summed E-state index contributed by atoms with van der Waals surface area (Å²) < 4.78 is 18.7. The van der Waals surface area contributed by atoms with E-state index in [4.69, 9.17) is 22.7 Å². The first-order valence-corrected chi connectivity index (χ1v) is 4.64. The molecule has 0 bridgehead atoms. The summed E-state index contributed by atoms with van der Waals surface area (Å²) in [7, 11) is 0. The Hall–Kier alpha value is -1.16. The standard InChI is InChI=1S/C10H12FNOS/c1-6-4-3-5-8(9(6)11)13-7(2)10(12)14/h3-5,7H,1-2H3,(H2,12,14). The third-order valence-electron chi connectivity index (χ3n) is 1.86. The minimum Gasteiger partial charge on any atom is -0.481 e. The molecule has 1 atom stereocenters. The van der Waals surface area contributed by atoms with Crippen molar-refractivity contribution in [3.05, 3.63) is 29.6 Å². The average molecular weight is 213 g/mol. The van der Waals surface area contributed by atoms with Crippen molar-refractivity contribution in [1.29, 1.82) is 0 Å². The maximum Gasteiger partial charge on any atom is 0.167 e. The number of halogens is 1. The fourth-order valence-corrected chi connectivity index (χ4v) is 1.01. The van der Waals surface area contributed by atoms with E-state index in [1.807, 2.05) is 0 Å². The molecule has 1 unspecified atom stereocenters. The number of rotatable bonds is 3. The minimum atomic E-state index is -0.457. The van der Waals surface area contributed by atoms with Gasteiger partial charge in [-0.25, -0.2) is 4.39 Å². The van der Waals surface area contributed by atoms with Crippen molar-refractivity contribution < 1.29 is 9.13 Å². The van der Waals surface area contributed by atoms with Gasteiger partial charge in [-0.1, -0.05) is 24.4 Å². The predicted molar refractivity (Wildman–Crippen MR) is 58.0 cm³/mol. The van der Waals surface area contributed by atoms with Gasteiger partial charge >= 0.3 is 0 Å². The highest BCUT2D eigenvalue weighted by Gasteiger charge is 2.11. The van der Waals surface area contributed by atoms with Crippen LogP contribution < -0.4 is 10.5 Å². The molecule has 0 amide bonds. The molecule has 2 nitrogen and oxygen atoms in total. The molecule has 1 aromatic rings. The number of ether oxygens (including phenoxy) is 1. The normalized spacial score (nSPS) is 12.2. The summed E-state index contributed by atoms with van der Waals surface area (Å²) in [6.45, 7) is 3.36. The van der Waals surface area contributed by atoms with Gasteiger partial charge in [0.1, 0.15) is 11.1 Å². The molecule has 0 heterocycles. The highest BCUT2D eigenvalue weighted by Crippen LogP contribution is 2.20. The molecule has 0 aliphatic heterocycles. The smallest absolute Gasteiger partial charge is 0.167 e. The number of benzene rings is 1. The van der Waals surface area contributed by atoms with Gasteiger partial charge in [-0.2, -0.15) is 0 Å². The van der Waals surface area contributed by atoms with Crippen molar-refractivity contribution in [2.75, 3.05) is 0 Å². The zero-order chi connectivity index (χ0) is 10.7. The van der Waals surface area contributed by atoms with Crippen LogP contribution in [0.3, 0.4) is 0 Å². The Morgan fingerprint density at radius 3 is 2.79 bits per heavy atom. The molecule has 0 aliphatic rings. The van der Waals surface area contributed by atoms with Crippen LogP contribution in [0.15, 0.2) is 18.2 Å². The molecule has 0 spiro atoms. The molecule has 4 heteroatoms. The summed E-state index contributed by atoms with van der Waals surface area (Å²) in [6, 6.07) is 4.95. The molecular formula is C10H12FNOS. The third kappa shape index (κ3) is 2.42. The Morgan fingerprint density at radius 1 is 1.57 bits per heavy atom. The molecule has 0 saturated heterocycles. The lowest BCUT2D eigenvalue weighted by Crippen LogP contribution is -2.29. The quantitative estimate of drug-likeness (QED) is 0.782. The Balaban J connectivity index is 2.87. The lowest BCUT2D eigenvalue weighted by Gasteiger charge is -2.14. The van der Waals surface area contributed by atoms with Gasteiger partial charge in [0.25, 0.3) is 0 Å². The fourth-order valence-electron chi connectivity index (χ4n) is 0.960. The van der Waals surface area contributed by atoms with Crippen LogP contribution in [0.4, 0.5) is 4.39 Å². The summed E-state index contributed by atoms with van der Waals surface area (Å²) in [4.78, 5) is 0.214. The van der Waals surface area contributed by atoms with Crippen LogP contribution in [0, 0.1) is 12.7 Å². The van der Waals surface area contributed by atoms with Gasteiger partial charge in [-0.3, -0.25) is 0 Å². The second-order valence-corrected chi connectivity index (χ2v) is 3.52. The lowest BCUT2D eigenvalue weighted by molar-refractivity contribution is 0.273. The molecule has 0 fully saturated rings. The first-order chi connectivity index (χ1) is 6.52. The summed E-state index contributed by atoms with van der Waals surface area (Å²) in [5.41, 5.74) is 5.90. The van der Waals surface area contributed by atoms with Gasteiger partial charge in [0.05, 0.1) is 0 Å². The van der Waals surface area contributed by atoms with Crippen molar-refractivity contribution in [1.82, 2.24) is 0 Å². The highest BCUT2D eigenvalue weighted by atomic mass is 32.1. The van der Waals surface area contributed by atoms with Gasteiger partial charge < -0.3 is 10.5 Å². The first-order valence-electron chi connectivity index (χ1n) is 4.23. The molecular weight excluding hydrogens is 201 g/mol. The summed E-state index contributed by atoms with van der Waals surface area (Å²) >= 11 is 4.72. The van der Waals surface area contributed by atoms with E-state index in [1.54, 1.807) is 32.0 Å². The van der Waals surface area contributed by atoms with Crippen molar-refractivity contribution >= 4 is 17.2 Å². The fraction of sp³-hybridized carbons (Fsp3) is 0.300. The van der Waals surface area contributed by atoms with Crippen LogP contribution >= 0.6 is 12.2 Å². The van der Waals surface area contributed by atoms with Crippen LogP contribution in [0.1, 0.15) is 12.5 Å². The van der Waals surface area contributed by atoms with E-state index >= 15 is 0 Å². The van der Waals surface area contributed by atoms with Gasteiger partial charge in [0.15, 0.2) is 11.6 Å². The van der Waals surface area contributed by atoms with Gasteiger partial charge in [-0.15, -0.1) is 0 Å². The van der Waals surface area contributed by atoms with Gasteiger partial charge in [-0.05, 0) is 25.5 Å². The van der Waals surface area contributed by atoms with E-state index in [0.717, 1.165) is 0 Å². The van der Waals surface area contributed by atoms with E-state index < -0.39 is 6.10 Å². The van der Waals surface area contributed by atoms with Crippen molar-refractivity contribution in [3.63, 3.8) is 0 Å². The SMILES string of the molecule is Cc1cccc(OC(C)C(N)=S)c1F. The summed E-state index contributed by atoms with van der Waals surface area (Å²) in [6.07, 6.45) is -0.457. The zero-order valence-electron chi connectivity index (χ0n) is 8.08. The van der Waals surface area contributed by atoms with Gasteiger partial charge in [0.2, 0.25) is 0 Å². The highest BCUT2D eigenvalue weighted by molar-refractivity contribution is 7.80. The molecule has 2 N–H and O–H groups in total. The zero-order valence-corrected chi connectivity index (χ0v) is 8.90. The molecule has 0 aromatic heterocycles. The summed E-state index contributed by atoms with van der Waals surface area (Å²) in [5.74, 6) is -0.180. The monoisotopic (exact) mass is 213 g/mol. The van der Waals surface area contributed by atoms with Crippen LogP contribution in [-0.2, 0) is 0 Å². The van der Waals surface area contributed by atoms with E-state index in [1.165, 1.54) is 0 Å². The van der Waals surface area contributed by atoms with E-state index in [0.29, 0.717) is 5.56 Å². The topological polar surface area (TPSA) is 35.2 Å². The maximum absolute atomic E-state index is 13.4. The molecule has 0 aliphatic carbocycles. The molecule has 0 radical (unpaired) electrons. The average Bonchev–Trinajstić information content (AvgIpc) is 2.12. The second-order valence-electron chi connectivity index (χ2n) is 3.05.